The van der Waals surface area contributed by atoms with Gasteiger partial charge in [0.25, 0.3) is 0 Å². The molecule has 1 N–H and O–H groups in total. The summed E-state index contributed by atoms with van der Waals surface area (Å²) in [6.45, 7) is 8.06. The molecule has 0 spiro atoms. The highest BCUT2D eigenvalue weighted by Crippen LogP contribution is 2.26. The van der Waals surface area contributed by atoms with Crippen molar-refractivity contribution in [2.75, 3.05) is 20.3 Å². The molecule has 0 aliphatic carbocycles. The molecule has 2 aromatic carbocycles. The lowest BCUT2D eigenvalue weighted by atomic mass is 10.1. The molecule has 0 bridgehead atoms. The quantitative estimate of drug-likeness (QED) is 0.767. The SMILES string of the molecule is COc1ccc(S(=O)(=O)NCCOc2ccc(C)cc2C)c(C)c1C. The second-order valence-electron chi connectivity index (χ2n) is 6.03. The normalized spacial score (nSPS) is 11.4. The Morgan fingerprint density at radius 2 is 1.64 bits per heavy atom. The molecule has 0 fully saturated rings. The van der Waals surface area contributed by atoms with Gasteiger partial charge in [0, 0.05) is 6.54 Å². The maximum Gasteiger partial charge on any atom is 0.240 e. The molecule has 2 aromatic rings. The van der Waals surface area contributed by atoms with Crippen molar-refractivity contribution in [1.82, 2.24) is 4.72 Å². The van der Waals surface area contributed by atoms with Crippen molar-refractivity contribution in [2.45, 2.75) is 32.6 Å². The monoisotopic (exact) mass is 363 g/mol. The zero-order chi connectivity index (χ0) is 18.6. The minimum Gasteiger partial charge on any atom is -0.496 e. The first-order chi connectivity index (χ1) is 11.8. The lowest BCUT2D eigenvalue weighted by molar-refractivity contribution is 0.320. The van der Waals surface area contributed by atoms with Gasteiger partial charge in [-0.15, -0.1) is 0 Å². The summed E-state index contributed by atoms with van der Waals surface area (Å²) < 4.78 is 38.5. The first kappa shape index (κ1) is 19.3. The van der Waals surface area contributed by atoms with E-state index in [9.17, 15) is 8.42 Å². The van der Waals surface area contributed by atoms with E-state index in [1.54, 1.807) is 26.2 Å². The standard InChI is InChI=1S/C19H25NO4S/c1-13-6-7-17(14(2)12-13)24-11-10-20-25(21,22)19-9-8-18(23-5)15(3)16(19)4/h6-9,12,20H,10-11H2,1-5H3. The summed E-state index contributed by atoms with van der Waals surface area (Å²) in [7, 11) is -2.03. The van der Waals surface area contributed by atoms with Crippen molar-refractivity contribution in [3.8, 4) is 11.5 Å². The minimum atomic E-state index is -3.60. The molecule has 0 heterocycles. The number of hydrogen-bond donors (Lipinski definition) is 1. The zero-order valence-electron chi connectivity index (χ0n) is 15.3. The molecule has 0 aliphatic rings. The summed E-state index contributed by atoms with van der Waals surface area (Å²) in [5.41, 5.74) is 3.69. The van der Waals surface area contributed by atoms with Crippen molar-refractivity contribution < 1.29 is 17.9 Å². The fourth-order valence-electron chi connectivity index (χ4n) is 2.66. The summed E-state index contributed by atoms with van der Waals surface area (Å²) in [6, 6.07) is 9.13. The Labute approximate surface area is 150 Å². The molecule has 0 saturated heterocycles. The lowest BCUT2D eigenvalue weighted by Gasteiger charge is -2.14. The van der Waals surface area contributed by atoms with Crippen LogP contribution >= 0.6 is 0 Å². The Balaban J connectivity index is 2.01. The van der Waals surface area contributed by atoms with Gasteiger partial charge in [-0.3, -0.25) is 0 Å². The molecular weight excluding hydrogens is 338 g/mol. The highest BCUT2D eigenvalue weighted by molar-refractivity contribution is 7.89. The number of ether oxygens (including phenoxy) is 2. The smallest absolute Gasteiger partial charge is 0.240 e. The van der Waals surface area contributed by atoms with E-state index in [2.05, 4.69) is 4.72 Å². The molecule has 0 atom stereocenters. The van der Waals surface area contributed by atoms with E-state index in [0.29, 0.717) is 11.3 Å². The number of methoxy groups -OCH3 is 1. The third kappa shape index (κ3) is 4.52. The average molecular weight is 363 g/mol. The van der Waals surface area contributed by atoms with Gasteiger partial charge >= 0.3 is 0 Å². The molecule has 0 unspecified atom stereocenters. The molecule has 2 rings (SSSR count). The van der Waals surface area contributed by atoms with Crippen molar-refractivity contribution in [3.63, 3.8) is 0 Å². The van der Waals surface area contributed by atoms with Crippen LogP contribution in [0.15, 0.2) is 35.2 Å². The number of nitrogens with one attached hydrogen (secondary N) is 1. The molecule has 6 heteroatoms. The van der Waals surface area contributed by atoms with Gasteiger partial charge in [-0.1, -0.05) is 17.7 Å². The summed E-state index contributed by atoms with van der Waals surface area (Å²) >= 11 is 0. The van der Waals surface area contributed by atoms with Gasteiger partial charge in [0.1, 0.15) is 18.1 Å². The van der Waals surface area contributed by atoms with E-state index in [0.717, 1.165) is 22.4 Å². The molecule has 25 heavy (non-hydrogen) atoms. The van der Waals surface area contributed by atoms with Gasteiger partial charge in [0.05, 0.1) is 12.0 Å². The highest BCUT2D eigenvalue weighted by Gasteiger charge is 2.19. The number of sulfonamides is 1. The van der Waals surface area contributed by atoms with Crippen molar-refractivity contribution in [1.29, 1.82) is 0 Å². The number of rotatable bonds is 7. The van der Waals surface area contributed by atoms with Gasteiger partial charge in [-0.05, 0) is 62.6 Å². The fourth-order valence-corrected chi connectivity index (χ4v) is 3.97. The second kappa shape index (κ2) is 7.89. The van der Waals surface area contributed by atoms with Gasteiger partial charge in [-0.25, -0.2) is 13.1 Å². The highest BCUT2D eigenvalue weighted by atomic mass is 32.2. The largest absolute Gasteiger partial charge is 0.496 e. The van der Waals surface area contributed by atoms with Crippen LogP contribution in [-0.4, -0.2) is 28.7 Å². The van der Waals surface area contributed by atoms with E-state index >= 15 is 0 Å². The third-order valence-electron chi connectivity index (χ3n) is 4.18. The van der Waals surface area contributed by atoms with Crippen LogP contribution in [0.2, 0.25) is 0 Å². The molecular formula is C19H25NO4S. The first-order valence-corrected chi connectivity index (χ1v) is 9.58. The van der Waals surface area contributed by atoms with Gasteiger partial charge in [0.2, 0.25) is 10.0 Å². The Bertz CT molecular complexity index is 860. The molecule has 0 saturated carbocycles. The van der Waals surface area contributed by atoms with Gasteiger partial charge in [-0.2, -0.15) is 0 Å². The van der Waals surface area contributed by atoms with Crippen LogP contribution in [0.1, 0.15) is 22.3 Å². The molecule has 136 valence electrons. The second-order valence-corrected chi connectivity index (χ2v) is 7.77. The van der Waals surface area contributed by atoms with Crippen molar-refractivity contribution in [3.05, 3.63) is 52.6 Å². The summed E-state index contributed by atoms with van der Waals surface area (Å²) in [4.78, 5) is 0.261. The molecule has 0 radical (unpaired) electrons. The number of aryl methyl sites for hydroxylation is 2. The van der Waals surface area contributed by atoms with Crippen LogP contribution in [0, 0.1) is 27.7 Å². The Hall–Kier alpha value is -2.05. The van der Waals surface area contributed by atoms with E-state index < -0.39 is 10.0 Å². The van der Waals surface area contributed by atoms with Crippen LogP contribution in [0.25, 0.3) is 0 Å². The zero-order valence-corrected chi connectivity index (χ0v) is 16.2. The van der Waals surface area contributed by atoms with E-state index in [1.807, 2.05) is 39.0 Å². The Morgan fingerprint density at radius 3 is 2.28 bits per heavy atom. The fraction of sp³-hybridized carbons (Fsp3) is 0.368. The van der Waals surface area contributed by atoms with Crippen LogP contribution in [-0.2, 0) is 10.0 Å². The maximum absolute atomic E-state index is 12.5. The van der Waals surface area contributed by atoms with E-state index in [-0.39, 0.29) is 18.0 Å². The summed E-state index contributed by atoms with van der Waals surface area (Å²) in [5, 5.41) is 0. The van der Waals surface area contributed by atoms with E-state index in [1.165, 1.54) is 0 Å². The topological polar surface area (TPSA) is 64.6 Å². The lowest BCUT2D eigenvalue weighted by Crippen LogP contribution is -2.29. The molecule has 5 nitrogen and oxygen atoms in total. The first-order valence-electron chi connectivity index (χ1n) is 8.10. The number of benzene rings is 2. The molecule has 0 aliphatic heterocycles. The Kier molecular flexibility index (Phi) is 6.08. The van der Waals surface area contributed by atoms with E-state index in [4.69, 9.17) is 9.47 Å². The molecule has 0 amide bonds. The summed E-state index contributed by atoms with van der Waals surface area (Å²) in [5.74, 6) is 1.44. The van der Waals surface area contributed by atoms with Gasteiger partial charge < -0.3 is 9.47 Å². The molecule has 0 aromatic heterocycles. The Morgan fingerprint density at radius 1 is 0.960 bits per heavy atom. The van der Waals surface area contributed by atoms with Crippen LogP contribution in [0.4, 0.5) is 0 Å². The average Bonchev–Trinajstić information content (AvgIpc) is 2.55. The minimum absolute atomic E-state index is 0.195. The third-order valence-corrected chi connectivity index (χ3v) is 5.78. The predicted molar refractivity (Wildman–Crippen MR) is 99.1 cm³/mol. The van der Waals surface area contributed by atoms with Crippen LogP contribution in [0.3, 0.4) is 0 Å². The van der Waals surface area contributed by atoms with Crippen molar-refractivity contribution >= 4 is 10.0 Å². The van der Waals surface area contributed by atoms with Crippen LogP contribution < -0.4 is 14.2 Å². The van der Waals surface area contributed by atoms with Crippen LogP contribution in [0.5, 0.6) is 11.5 Å². The maximum atomic E-state index is 12.5. The number of hydrogen-bond acceptors (Lipinski definition) is 4. The van der Waals surface area contributed by atoms with Crippen molar-refractivity contribution in [2.24, 2.45) is 0 Å². The predicted octanol–water partition coefficient (Wildman–Crippen LogP) is 3.29. The van der Waals surface area contributed by atoms with Gasteiger partial charge in [0.15, 0.2) is 0 Å². The summed E-state index contributed by atoms with van der Waals surface area (Å²) in [6.07, 6.45) is 0.